The van der Waals surface area contributed by atoms with Crippen LogP contribution in [0.4, 0.5) is 8.78 Å². The van der Waals surface area contributed by atoms with E-state index < -0.39 is 17.7 Å². The van der Waals surface area contributed by atoms with Gasteiger partial charge < -0.3 is 5.11 Å². The highest BCUT2D eigenvalue weighted by Gasteiger charge is 2.16. The highest BCUT2D eigenvalue weighted by molar-refractivity contribution is 5.25. The maximum absolute atomic E-state index is 12.9. The van der Waals surface area contributed by atoms with Crippen LogP contribution >= 0.6 is 0 Å². The molecule has 0 saturated carbocycles. The van der Waals surface area contributed by atoms with Gasteiger partial charge in [-0.2, -0.15) is 0 Å². The molecule has 1 atom stereocenters. The predicted octanol–water partition coefficient (Wildman–Crippen LogP) is 1.18. The van der Waals surface area contributed by atoms with Crippen LogP contribution in [0.3, 0.4) is 0 Å². The number of hydrogen-bond acceptors (Lipinski definition) is 3. The minimum absolute atomic E-state index is 0.128. The molecule has 0 spiro atoms. The van der Waals surface area contributed by atoms with Crippen LogP contribution in [0.5, 0.6) is 0 Å². The van der Waals surface area contributed by atoms with Crippen LogP contribution in [0.2, 0.25) is 0 Å². The third-order valence-corrected chi connectivity index (χ3v) is 2.23. The molecule has 1 aromatic carbocycles. The summed E-state index contributed by atoms with van der Waals surface area (Å²) in [6, 6.07) is 2.89. The Labute approximate surface area is 90.1 Å². The molecule has 0 aliphatic heterocycles. The van der Waals surface area contributed by atoms with E-state index in [0.29, 0.717) is 5.69 Å². The summed E-state index contributed by atoms with van der Waals surface area (Å²) in [7, 11) is 1.58. The first-order chi connectivity index (χ1) is 7.58. The van der Waals surface area contributed by atoms with Gasteiger partial charge in [-0.05, 0) is 17.7 Å². The summed E-state index contributed by atoms with van der Waals surface area (Å²) in [4.78, 5) is 0. The molecule has 0 radical (unpaired) electrons. The van der Waals surface area contributed by atoms with Crippen molar-refractivity contribution >= 4 is 0 Å². The van der Waals surface area contributed by atoms with Crippen LogP contribution in [-0.2, 0) is 7.05 Å². The molecule has 6 heteroatoms. The molecule has 0 aliphatic rings. The lowest BCUT2D eigenvalue weighted by Crippen LogP contribution is -2.07. The van der Waals surface area contributed by atoms with Crippen molar-refractivity contribution in [1.29, 1.82) is 0 Å². The Kier molecular flexibility index (Phi) is 2.66. The van der Waals surface area contributed by atoms with Crippen molar-refractivity contribution in [3.05, 3.63) is 47.3 Å². The van der Waals surface area contributed by atoms with Crippen LogP contribution in [0.25, 0.3) is 0 Å². The molecule has 1 unspecified atom stereocenters. The Morgan fingerprint density at radius 1 is 1.25 bits per heavy atom. The fourth-order valence-electron chi connectivity index (χ4n) is 1.45. The zero-order chi connectivity index (χ0) is 11.7. The van der Waals surface area contributed by atoms with E-state index in [1.165, 1.54) is 10.9 Å². The molecule has 4 nitrogen and oxygen atoms in total. The molecule has 1 heterocycles. The molecule has 2 rings (SSSR count). The second-order valence-corrected chi connectivity index (χ2v) is 3.39. The number of aliphatic hydroxyl groups is 1. The van der Waals surface area contributed by atoms with Crippen molar-refractivity contribution in [2.75, 3.05) is 0 Å². The number of nitrogens with zero attached hydrogens (tertiary/aromatic N) is 3. The molecule has 2 aromatic rings. The van der Waals surface area contributed by atoms with Gasteiger partial charge in [-0.15, -0.1) is 5.10 Å². The Bertz CT molecular complexity index is 492. The SMILES string of the molecule is Cn1nncc1C(O)c1cc(F)cc(F)c1. The molecule has 0 saturated heterocycles. The Hall–Kier alpha value is -1.82. The maximum Gasteiger partial charge on any atom is 0.126 e. The monoisotopic (exact) mass is 225 g/mol. The van der Waals surface area contributed by atoms with Gasteiger partial charge in [0.1, 0.15) is 17.7 Å². The average molecular weight is 225 g/mol. The summed E-state index contributed by atoms with van der Waals surface area (Å²) in [6.07, 6.45) is 0.193. The lowest BCUT2D eigenvalue weighted by Gasteiger charge is -2.10. The molecule has 1 aromatic heterocycles. The number of hydrogen-bond donors (Lipinski definition) is 1. The van der Waals surface area contributed by atoms with E-state index in [0.717, 1.165) is 18.2 Å². The van der Waals surface area contributed by atoms with Gasteiger partial charge in [0.05, 0.1) is 11.9 Å². The number of aliphatic hydroxyl groups excluding tert-OH is 1. The molecule has 1 N–H and O–H groups in total. The van der Waals surface area contributed by atoms with Crippen LogP contribution in [0, 0.1) is 11.6 Å². The van der Waals surface area contributed by atoms with E-state index in [-0.39, 0.29) is 5.56 Å². The van der Waals surface area contributed by atoms with E-state index in [9.17, 15) is 13.9 Å². The molecule has 0 amide bonds. The highest BCUT2D eigenvalue weighted by Crippen LogP contribution is 2.22. The number of halogens is 2. The van der Waals surface area contributed by atoms with E-state index in [4.69, 9.17) is 0 Å². The van der Waals surface area contributed by atoms with Gasteiger partial charge in [0, 0.05) is 13.1 Å². The largest absolute Gasteiger partial charge is 0.382 e. The fraction of sp³-hybridized carbons (Fsp3) is 0.200. The number of aromatic nitrogens is 3. The summed E-state index contributed by atoms with van der Waals surface area (Å²) >= 11 is 0. The molecular weight excluding hydrogens is 216 g/mol. The van der Waals surface area contributed by atoms with Crippen molar-refractivity contribution in [2.45, 2.75) is 6.10 Å². The van der Waals surface area contributed by atoms with Gasteiger partial charge >= 0.3 is 0 Å². The molecule has 84 valence electrons. The second-order valence-electron chi connectivity index (χ2n) is 3.39. The minimum Gasteiger partial charge on any atom is -0.382 e. The topological polar surface area (TPSA) is 50.9 Å². The molecule has 0 bridgehead atoms. The summed E-state index contributed by atoms with van der Waals surface area (Å²) in [5.74, 6) is -1.46. The van der Waals surface area contributed by atoms with E-state index >= 15 is 0 Å². The van der Waals surface area contributed by atoms with Crippen molar-refractivity contribution in [3.8, 4) is 0 Å². The van der Waals surface area contributed by atoms with E-state index in [1.54, 1.807) is 7.05 Å². The summed E-state index contributed by atoms with van der Waals surface area (Å²) in [5.41, 5.74) is 0.493. The zero-order valence-corrected chi connectivity index (χ0v) is 8.43. The van der Waals surface area contributed by atoms with Gasteiger partial charge in [-0.3, -0.25) is 0 Å². The molecular formula is C10H9F2N3O. The van der Waals surface area contributed by atoms with Gasteiger partial charge in [0.2, 0.25) is 0 Å². The molecule has 0 aliphatic carbocycles. The number of benzene rings is 1. The Morgan fingerprint density at radius 3 is 2.38 bits per heavy atom. The first kappa shape index (κ1) is 10.7. The summed E-state index contributed by atoms with van der Waals surface area (Å²) < 4.78 is 27.2. The van der Waals surface area contributed by atoms with Crippen molar-refractivity contribution in [2.24, 2.45) is 7.05 Å². The normalized spacial score (nSPS) is 12.8. The Balaban J connectivity index is 2.41. The van der Waals surface area contributed by atoms with Crippen molar-refractivity contribution < 1.29 is 13.9 Å². The van der Waals surface area contributed by atoms with Gasteiger partial charge in [0.15, 0.2) is 0 Å². The second kappa shape index (κ2) is 3.97. The fourth-order valence-corrected chi connectivity index (χ4v) is 1.45. The lowest BCUT2D eigenvalue weighted by atomic mass is 10.1. The van der Waals surface area contributed by atoms with Gasteiger partial charge in [-0.25, -0.2) is 13.5 Å². The first-order valence-corrected chi connectivity index (χ1v) is 4.56. The van der Waals surface area contributed by atoms with Crippen LogP contribution in [0.15, 0.2) is 24.4 Å². The number of rotatable bonds is 2. The Morgan fingerprint density at radius 2 is 1.88 bits per heavy atom. The van der Waals surface area contributed by atoms with Gasteiger partial charge in [0.25, 0.3) is 0 Å². The standard InChI is InChI=1S/C10H9F2N3O/c1-15-9(5-13-14-15)10(16)6-2-7(11)4-8(12)3-6/h2-5,10,16H,1H3. The summed E-state index contributed by atoms with van der Waals surface area (Å²) in [6.45, 7) is 0. The van der Waals surface area contributed by atoms with Gasteiger partial charge in [-0.1, -0.05) is 5.21 Å². The van der Waals surface area contributed by atoms with E-state index in [2.05, 4.69) is 10.3 Å². The average Bonchev–Trinajstić information content (AvgIpc) is 2.62. The van der Waals surface area contributed by atoms with Crippen molar-refractivity contribution in [3.63, 3.8) is 0 Å². The zero-order valence-electron chi connectivity index (χ0n) is 8.43. The van der Waals surface area contributed by atoms with Crippen LogP contribution in [0.1, 0.15) is 17.4 Å². The van der Waals surface area contributed by atoms with Crippen LogP contribution in [-0.4, -0.2) is 20.1 Å². The quantitative estimate of drug-likeness (QED) is 0.834. The third kappa shape index (κ3) is 1.92. The maximum atomic E-state index is 12.9. The molecule has 0 fully saturated rings. The molecule has 16 heavy (non-hydrogen) atoms. The highest BCUT2D eigenvalue weighted by atomic mass is 19.1. The third-order valence-electron chi connectivity index (χ3n) is 2.23. The van der Waals surface area contributed by atoms with E-state index in [1.807, 2.05) is 0 Å². The number of aryl methyl sites for hydroxylation is 1. The lowest BCUT2D eigenvalue weighted by molar-refractivity contribution is 0.208. The first-order valence-electron chi connectivity index (χ1n) is 4.56. The van der Waals surface area contributed by atoms with Crippen molar-refractivity contribution in [1.82, 2.24) is 15.0 Å². The smallest absolute Gasteiger partial charge is 0.126 e. The van der Waals surface area contributed by atoms with Crippen LogP contribution < -0.4 is 0 Å². The summed E-state index contributed by atoms with van der Waals surface area (Å²) in [5, 5.41) is 17.1. The predicted molar refractivity (Wildman–Crippen MR) is 51.4 cm³/mol. The minimum atomic E-state index is -1.15.